The second-order valence-electron chi connectivity index (χ2n) is 8.19. The van der Waals surface area contributed by atoms with Crippen molar-refractivity contribution in [3.05, 3.63) is 58.1 Å². The number of carboxylic acids is 1. The maximum atomic E-state index is 12.7. The molecular formula is C24H23Cl2N4NaO5. The summed E-state index contributed by atoms with van der Waals surface area (Å²) in [4.78, 5) is 47.6. The molecule has 0 saturated carbocycles. The van der Waals surface area contributed by atoms with E-state index < -0.39 is 17.9 Å². The van der Waals surface area contributed by atoms with Gasteiger partial charge in [0.2, 0.25) is 17.7 Å². The molecule has 1 aliphatic rings. The number of nitrogens with one attached hydrogen (secondary N) is 4. The van der Waals surface area contributed by atoms with Crippen LogP contribution in [0.3, 0.4) is 0 Å². The zero-order chi connectivity index (χ0) is 25.7. The van der Waals surface area contributed by atoms with E-state index in [4.69, 9.17) is 23.2 Å². The number of anilines is 3. The standard InChI is InChI=1S/C24H24Cl2N4O5.Na/c1-12(2)23(33)27-11-21(32)29-16-5-3-15(4-6-16)28-20(31)8-13-7-19(24(34)35)30-18-10-14(25)9-17(26)22(13)18;/h3-6,8-10,12,19,30H,7,11H2,1-2H3,(H,27,33)(H,28,31)(H,29,32)(H,34,35);/q;+1/p-1/b13-8+;. The number of carbonyl (C=O) groups is 4. The van der Waals surface area contributed by atoms with Gasteiger partial charge in [-0.3, -0.25) is 14.4 Å². The summed E-state index contributed by atoms with van der Waals surface area (Å²) in [6.45, 7) is 3.30. The predicted molar refractivity (Wildman–Crippen MR) is 133 cm³/mol. The summed E-state index contributed by atoms with van der Waals surface area (Å²) in [5.74, 6) is -2.65. The minimum absolute atomic E-state index is 0. The Morgan fingerprint density at radius 3 is 2.28 bits per heavy atom. The van der Waals surface area contributed by atoms with Gasteiger partial charge in [-0.2, -0.15) is 0 Å². The van der Waals surface area contributed by atoms with Crippen molar-refractivity contribution in [2.75, 3.05) is 22.5 Å². The molecule has 1 aliphatic heterocycles. The molecule has 3 amide bonds. The van der Waals surface area contributed by atoms with Crippen LogP contribution in [0.15, 0.2) is 42.5 Å². The first-order valence-electron chi connectivity index (χ1n) is 10.7. The Bertz CT molecular complexity index is 1200. The van der Waals surface area contributed by atoms with Crippen molar-refractivity contribution in [2.45, 2.75) is 26.3 Å². The molecule has 9 nitrogen and oxygen atoms in total. The van der Waals surface area contributed by atoms with Gasteiger partial charge in [0.1, 0.15) is 0 Å². The molecular weight excluding hydrogens is 518 g/mol. The van der Waals surface area contributed by atoms with Crippen molar-refractivity contribution in [3.63, 3.8) is 0 Å². The van der Waals surface area contributed by atoms with Crippen molar-refractivity contribution in [1.82, 2.24) is 5.32 Å². The molecule has 0 aromatic heterocycles. The maximum Gasteiger partial charge on any atom is 1.00 e. The van der Waals surface area contributed by atoms with Crippen molar-refractivity contribution in [2.24, 2.45) is 5.92 Å². The predicted octanol–water partition coefficient (Wildman–Crippen LogP) is -0.336. The number of carboxylic acid groups (broad SMARTS) is 1. The fourth-order valence-corrected chi connectivity index (χ4v) is 4.01. The number of fused-ring (bicyclic) bond motifs is 1. The number of hydrogen-bond acceptors (Lipinski definition) is 6. The summed E-state index contributed by atoms with van der Waals surface area (Å²) in [7, 11) is 0. The van der Waals surface area contributed by atoms with E-state index in [0.717, 1.165) is 0 Å². The van der Waals surface area contributed by atoms with Gasteiger partial charge in [-0.15, -0.1) is 0 Å². The van der Waals surface area contributed by atoms with Crippen LogP contribution in [0.5, 0.6) is 0 Å². The minimum Gasteiger partial charge on any atom is -0.548 e. The molecule has 0 saturated heterocycles. The van der Waals surface area contributed by atoms with Gasteiger partial charge in [0.05, 0.1) is 23.6 Å². The van der Waals surface area contributed by atoms with Crippen LogP contribution in [0, 0.1) is 5.92 Å². The molecule has 0 bridgehead atoms. The molecule has 3 rings (SSSR count). The molecule has 2 aromatic carbocycles. The number of carbonyl (C=O) groups excluding carboxylic acids is 4. The quantitative estimate of drug-likeness (QED) is 0.280. The molecule has 0 fully saturated rings. The number of aliphatic carboxylic acids is 1. The van der Waals surface area contributed by atoms with Crippen molar-refractivity contribution in [3.8, 4) is 0 Å². The van der Waals surface area contributed by atoms with Crippen molar-refractivity contribution in [1.29, 1.82) is 0 Å². The van der Waals surface area contributed by atoms with Gasteiger partial charge < -0.3 is 31.2 Å². The molecule has 0 spiro atoms. The van der Waals surface area contributed by atoms with Crippen molar-refractivity contribution >= 4 is 69.5 Å². The number of amides is 3. The van der Waals surface area contributed by atoms with E-state index in [2.05, 4.69) is 21.3 Å². The number of halogens is 2. The average Bonchev–Trinajstić information content (AvgIpc) is 2.77. The molecule has 12 heteroatoms. The van der Waals surface area contributed by atoms with Gasteiger partial charge in [0, 0.05) is 39.6 Å². The van der Waals surface area contributed by atoms with Crippen molar-refractivity contribution < 1.29 is 53.8 Å². The summed E-state index contributed by atoms with van der Waals surface area (Å²) in [5.41, 5.74) is 2.24. The van der Waals surface area contributed by atoms with Crippen LogP contribution < -0.4 is 55.9 Å². The van der Waals surface area contributed by atoms with Crippen LogP contribution >= 0.6 is 23.2 Å². The molecule has 1 unspecified atom stereocenters. The molecule has 0 aliphatic carbocycles. The number of benzene rings is 2. The number of hydrogen-bond donors (Lipinski definition) is 4. The summed E-state index contributed by atoms with van der Waals surface area (Å²) in [5, 5.41) is 22.7. The zero-order valence-corrected chi connectivity index (χ0v) is 23.4. The van der Waals surface area contributed by atoms with Gasteiger partial charge in [-0.1, -0.05) is 37.0 Å². The van der Waals surface area contributed by atoms with E-state index >= 15 is 0 Å². The summed E-state index contributed by atoms with van der Waals surface area (Å²) in [6, 6.07) is 8.36. The van der Waals surface area contributed by atoms with Crippen LogP contribution in [0.1, 0.15) is 25.8 Å². The van der Waals surface area contributed by atoms with Gasteiger partial charge in [-0.05, 0) is 48.4 Å². The fraction of sp³-hybridized carbons (Fsp3) is 0.250. The third kappa shape index (κ3) is 7.97. The smallest absolute Gasteiger partial charge is 0.548 e. The second-order valence-corrected chi connectivity index (χ2v) is 9.03. The van der Waals surface area contributed by atoms with E-state index in [-0.39, 0.29) is 65.3 Å². The van der Waals surface area contributed by atoms with Gasteiger partial charge in [-0.25, -0.2) is 0 Å². The van der Waals surface area contributed by atoms with E-state index in [1.807, 2.05) is 0 Å². The zero-order valence-electron chi connectivity index (χ0n) is 19.9. The summed E-state index contributed by atoms with van der Waals surface area (Å²) >= 11 is 12.3. The SMILES string of the molecule is CC(C)C(=O)NCC(=O)Nc1ccc(NC(=O)/C=C2\CC(C(=O)[O-])Nc3cc(Cl)cc(Cl)c32)cc1.[Na+]. The maximum absolute atomic E-state index is 12.7. The Hall–Kier alpha value is -2.56. The van der Waals surface area contributed by atoms with Crippen LogP contribution in [0.25, 0.3) is 5.57 Å². The third-order valence-electron chi connectivity index (χ3n) is 5.10. The normalized spacial score (nSPS) is 15.2. The van der Waals surface area contributed by atoms with Crippen LogP contribution in [-0.2, 0) is 19.2 Å². The van der Waals surface area contributed by atoms with Gasteiger partial charge in [0.15, 0.2) is 0 Å². The van der Waals surface area contributed by atoms with E-state index in [1.54, 1.807) is 38.1 Å². The molecule has 4 N–H and O–H groups in total. The Morgan fingerprint density at radius 2 is 1.69 bits per heavy atom. The van der Waals surface area contributed by atoms with E-state index in [1.165, 1.54) is 18.2 Å². The Morgan fingerprint density at radius 1 is 1.08 bits per heavy atom. The monoisotopic (exact) mass is 540 g/mol. The first kappa shape index (κ1) is 29.7. The Labute approximate surface area is 240 Å². The first-order chi connectivity index (χ1) is 16.5. The topological polar surface area (TPSA) is 139 Å². The molecule has 1 atom stereocenters. The van der Waals surface area contributed by atoms with Crippen LogP contribution in [0.4, 0.5) is 17.1 Å². The van der Waals surface area contributed by atoms with Crippen LogP contribution in [0.2, 0.25) is 10.0 Å². The molecule has 1 heterocycles. The Kier molecular flexibility index (Phi) is 10.8. The summed E-state index contributed by atoms with van der Waals surface area (Å²) < 4.78 is 0. The molecule has 184 valence electrons. The van der Waals surface area contributed by atoms with E-state index in [0.29, 0.717) is 33.2 Å². The average molecular weight is 541 g/mol. The largest absolute Gasteiger partial charge is 1.00 e. The van der Waals surface area contributed by atoms with Crippen LogP contribution in [-0.4, -0.2) is 36.3 Å². The Balaban J connectivity index is 0.00000456. The van der Waals surface area contributed by atoms with Gasteiger partial charge in [0.25, 0.3) is 0 Å². The second kappa shape index (κ2) is 13.1. The molecule has 0 radical (unpaired) electrons. The van der Waals surface area contributed by atoms with E-state index in [9.17, 15) is 24.3 Å². The van der Waals surface area contributed by atoms with Gasteiger partial charge >= 0.3 is 29.6 Å². The number of rotatable bonds is 7. The molecule has 36 heavy (non-hydrogen) atoms. The fourth-order valence-electron chi connectivity index (χ4n) is 3.40. The first-order valence-corrected chi connectivity index (χ1v) is 11.4. The molecule has 2 aromatic rings. The minimum atomic E-state index is -1.32. The summed E-state index contributed by atoms with van der Waals surface area (Å²) in [6.07, 6.45) is 1.27. The third-order valence-corrected chi connectivity index (χ3v) is 5.62.